The third-order valence-electron chi connectivity index (χ3n) is 2.59. The van der Waals surface area contributed by atoms with E-state index in [-0.39, 0.29) is 0 Å². The number of nitrogens with one attached hydrogen (secondary N) is 1. The zero-order valence-corrected chi connectivity index (χ0v) is 9.48. The molecule has 84 valence electrons. The maximum Gasteiger partial charge on any atom is 0.0966 e. The maximum atomic E-state index is 4.06. The molecule has 1 aromatic heterocycles. The van der Waals surface area contributed by atoms with Crippen molar-refractivity contribution >= 4 is 0 Å². The first-order chi connectivity index (χ1) is 7.24. The largest absolute Gasteiger partial charge is 0.313 e. The second-order valence-corrected chi connectivity index (χ2v) is 4.35. The highest BCUT2D eigenvalue weighted by Gasteiger charge is 2.19. The van der Waals surface area contributed by atoms with Crippen molar-refractivity contribution in [3.8, 4) is 0 Å². The first kappa shape index (κ1) is 10.6. The molecule has 1 aliphatic carbocycles. The van der Waals surface area contributed by atoms with Crippen LogP contribution in [0.4, 0.5) is 0 Å². The summed E-state index contributed by atoms with van der Waals surface area (Å²) in [6.07, 6.45) is 4.67. The standard InChI is InChI=1S/C10H19N5/c1-14(6-5-11-9-3-4-9)7-10-8-15(2)13-12-10/h8-9,11H,3-7H2,1-2H3. The molecule has 2 rings (SSSR count). The van der Waals surface area contributed by atoms with E-state index in [2.05, 4.69) is 27.6 Å². The Hall–Kier alpha value is -0.940. The van der Waals surface area contributed by atoms with Crippen LogP contribution in [0.25, 0.3) is 0 Å². The van der Waals surface area contributed by atoms with E-state index in [4.69, 9.17) is 0 Å². The van der Waals surface area contributed by atoms with E-state index in [9.17, 15) is 0 Å². The van der Waals surface area contributed by atoms with Crippen LogP contribution in [0, 0.1) is 0 Å². The van der Waals surface area contributed by atoms with Crippen LogP contribution in [-0.2, 0) is 13.6 Å². The van der Waals surface area contributed by atoms with Crippen LogP contribution in [0.2, 0.25) is 0 Å². The average Bonchev–Trinajstić information content (AvgIpc) is 2.91. The normalized spacial score (nSPS) is 16.2. The summed E-state index contributed by atoms with van der Waals surface area (Å²) in [4.78, 5) is 2.26. The lowest BCUT2D eigenvalue weighted by Gasteiger charge is -2.14. The van der Waals surface area contributed by atoms with Crippen LogP contribution in [0.3, 0.4) is 0 Å². The van der Waals surface area contributed by atoms with Gasteiger partial charge in [-0.25, -0.2) is 0 Å². The minimum Gasteiger partial charge on any atom is -0.313 e. The van der Waals surface area contributed by atoms with Crippen molar-refractivity contribution in [2.75, 3.05) is 20.1 Å². The van der Waals surface area contributed by atoms with Crippen LogP contribution >= 0.6 is 0 Å². The van der Waals surface area contributed by atoms with E-state index >= 15 is 0 Å². The van der Waals surface area contributed by atoms with Crippen molar-refractivity contribution in [1.82, 2.24) is 25.2 Å². The van der Waals surface area contributed by atoms with Crippen molar-refractivity contribution in [1.29, 1.82) is 0 Å². The predicted octanol–water partition coefficient (Wildman–Crippen LogP) is -0.00110. The quantitative estimate of drug-likeness (QED) is 0.716. The highest BCUT2D eigenvalue weighted by molar-refractivity contribution is 4.91. The molecule has 0 amide bonds. The lowest BCUT2D eigenvalue weighted by Crippen LogP contribution is -2.30. The molecule has 1 heterocycles. The van der Waals surface area contributed by atoms with Crippen LogP contribution in [0.1, 0.15) is 18.5 Å². The van der Waals surface area contributed by atoms with Gasteiger partial charge < -0.3 is 5.32 Å². The fraction of sp³-hybridized carbons (Fsp3) is 0.800. The molecule has 1 N–H and O–H groups in total. The Bertz CT molecular complexity index is 305. The SMILES string of the molecule is CN(CCNC1CC1)Cc1cn(C)nn1. The fourth-order valence-electron chi connectivity index (χ4n) is 1.57. The van der Waals surface area contributed by atoms with E-state index in [0.717, 1.165) is 31.4 Å². The van der Waals surface area contributed by atoms with Crippen molar-refractivity contribution in [3.63, 3.8) is 0 Å². The van der Waals surface area contributed by atoms with E-state index in [1.807, 2.05) is 13.2 Å². The van der Waals surface area contributed by atoms with Gasteiger partial charge in [-0.3, -0.25) is 9.58 Å². The summed E-state index contributed by atoms with van der Waals surface area (Å²) in [6, 6.07) is 0.801. The third-order valence-corrected chi connectivity index (χ3v) is 2.59. The van der Waals surface area contributed by atoms with Crippen molar-refractivity contribution < 1.29 is 0 Å². The summed E-state index contributed by atoms with van der Waals surface area (Å²) in [6.45, 7) is 3.01. The van der Waals surface area contributed by atoms with Gasteiger partial charge in [-0.1, -0.05) is 5.21 Å². The molecule has 1 aromatic rings. The number of aromatic nitrogens is 3. The minimum absolute atomic E-state index is 0.801. The lowest BCUT2D eigenvalue weighted by atomic mass is 10.4. The van der Waals surface area contributed by atoms with Crippen molar-refractivity contribution in [2.24, 2.45) is 7.05 Å². The highest BCUT2D eigenvalue weighted by Crippen LogP contribution is 2.17. The van der Waals surface area contributed by atoms with E-state index in [1.165, 1.54) is 12.8 Å². The molecule has 1 aliphatic rings. The highest BCUT2D eigenvalue weighted by atomic mass is 15.4. The molecule has 1 fully saturated rings. The molecule has 5 heteroatoms. The maximum absolute atomic E-state index is 4.06. The van der Waals surface area contributed by atoms with Gasteiger partial charge in [0.1, 0.15) is 0 Å². The van der Waals surface area contributed by atoms with Gasteiger partial charge in [0, 0.05) is 38.9 Å². The van der Waals surface area contributed by atoms with E-state index in [0.29, 0.717) is 0 Å². The average molecular weight is 209 g/mol. The van der Waals surface area contributed by atoms with Crippen LogP contribution < -0.4 is 5.32 Å². The minimum atomic E-state index is 0.801. The summed E-state index contributed by atoms with van der Waals surface area (Å²) >= 11 is 0. The number of aryl methyl sites for hydroxylation is 1. The molecule has 0 bridgehead atoms. The molecule has 0 atom stereocenters. The predicted molar refractivity (Wildman–Crippen MR) is 58.4 cm³/mol. The van der Waals surface area contributed by atoms with Gasteiger partial charge in [-0.05, 0) is 19.9 Å². The van der Waals surface area contributed by atoms with Crippen LogP contribution in [-0.4, -0.2) is 46.1 Å². The second kappa shape index (κ2) is 4.72. The Morgan fingerprint density at radius 3 is 3.00 bits per heavy atom. The Labute approximate surface area is 90.5 Å². The Balaban J connectivity index is 1.64. The van der Waals surface area contributed by atoms with Gasteiger partial charge >= 0.3 is 0 Å². The van der Waals surface area contributed by atoms with Gasteiger partial charge in [-0.2, -0.15) is 0 Å². The van der Waals surface area contributed by atoms with Gasteiger partial charge in [0.2, 0.25) is 0 Å². The fourth-order valence-corrected chi connectivity index (χ4v) is 1.57. The number of likely N-dealkylation sites (N-methyl/N-ethyl adjacent to an activating group) is 1. The first-order valence-electron chi connectivity index (χ1n) is 5.51. The van der Waals surface area contributed by atoms with Gasteiger partial charge in [-0.15, -0.1) is 5.10 Å². The molecule has 0 radical (unpaired) electrons. The van der Waals surface area contributed by atoms with Gasteiger partial charge in [0.25, 0.3) is 0 Å². The van der Waals surface area contributed by atoms with Crippen LogP contribution in [0.5, 0.6) is 0 Å². The molecule has 1 saturated carbocycles. The first-order valence-corrected chi connectivity index (χ1v) is 5.51. The molecule has 5 nitrogen and oxygen atoms in total. The summed E-state index contributed by atoms with van der Waals surface area (Å²) in [7, 11) is 4.01. The van der Waals surface area contributed by atoms with Crippen molar-refractivity contribution in [3.05, 3.63) is 11.9 Å². The Kier molecular flexibility index (Phi) is 3.33. The molecule has 0 aromatic carbocycles. The molecule has 0 spiro atoms. The van der Waals surface area contributed by atoms with Crippen LogP contribution in [0.15, 0.2) is 6.20 Å². The zero-order chi connectivity index (χ0) is 10.7. The number of nitrogens with zero attached hydrogens (tertiary/aromatic N) is 4. The third kappa shape index (κ3) is 3.60. The Morgan fingerprint density at radius 1 is 1.60 bits per heavy atom. The topological polar surface area (TPSA) is 46.0 Å². The summed E-state index contributed by atoms with van der Waals surface area (Å²) < 4.78 is 1.74. The van der Waals surface area contributed by atoms with Crippen molar-refractivity contribution in [2.45, 2.75) is 25.4 Å². The number of hydrogen-bond donors (Lipinski definition) is 1. The molecule has 15 heavy (non-hydrogen) atoms. The molecular weight excluding hydrogens is 190 g/mol. The summed E-state index contributed by atoms with van der Waals surface area (Å²) in [5.41, 5.74) is 1.03. The molecule has 0 aliphatic heterocycles. The molecule has 0 saturated heterocycles. The van der Waals surface area contributed by atoms with Gasteiger partial charge in [0.05, 0.1) is 5.69 Å². The summed E-state index contributed by atoms with van der Waals surface area (Å²) in [5.74, 6) is 0. The molecular formula is C10H19N5. The number of rotatable bonds is 6. The van der Waals surface area contributed by atoms with Gasteiger partial charge in [0.15, 0.2) is 0 Å². The summed E-state index contributed by atoms with van der Waals surface area (Å²) in [5, 5.41) is 11.5. The lowest BCUT2D eigenvalue weighted by molar-refractivity contribution is 0.320. The monoisotopic (exact) mass is 209 g/mol. The smallest absolute Gasteiger partial charge is 0.0966 e. The molecule has 0 unspecified atom stereocenters. The van der Waals surface area contributed by atoms with E-state index in [1.54, 1.807) is 4.68 Å². The second-order valence-electron chi connectivity index (χ2n) is 4.35. The zero-order valence-electron chi connectivity index (χ0n) is 9.48. The van der Waals surface area contributed by atoms with E-state index < -0.39 is 0 Å². The number of hydrogen-bond acceptors (Lipinski definition) is 4. The Morgan fingerprint density at radius 2 is 2.40 bits per heavy atom.